The Bertz CT molecular complexity index is 604. The smallest absolute Gasteiger partial charge is 0.251 e. The highest BCUT2D eigenvalue weighted by Crippen LogP contribution is 2.17. The van der Waals surface area contributed by atoms with E-state index in [4.69, 9.17) is 4.74 Å². The summed E-state index contributed by atoms with van der Waals surface area (Å²) in [4.78, 5) is 27.0. The number of nitrogens with one attached hydrogen (secondary N) is 2. The fraction of sp³-hybridized carbons (Fsp3) is 0.619. The Labute approximate surface area is 161 Å². The summed E-state index contributed by atoms with van der Waals surface area (Å²) >= 11 is 0. The van der Waals surface area contributed by atoms with Gasteiger partial charge in [-0.25, -0.2) is 0 Å². The molecule has 2 aliphatic rings. The molecule has 1 saturated heterocycles. The van der Waals surface area contributed by atoms with Crippen molar-refractivity contribution in [3.05, 3.63) is 35.4 Å². The maximum absolute atomic E-state index is 12.4. The van der Waals surface area contributed by atoms with E-state index in [-0.39, 0.29) is 17.9 Å². The Morgan fingerprint density at radius 2 is 1.52 bits per heavy atom. The summed E-state index contributed by atoms with van der Waals surface area (Å²) in [5.41, 5.74) is 1.20. The molecule has 1 aliphatic carbocycles. The maximum Gasteiger partial charge on any atom is 0.251 e. The minimum Gasteiger partial charge on any atom is -0.379 e. The number of rotatable bonds is 6. The topological polar surface area (TPSA) is 70.7 Å². The number of morpholine rings is 1. The summed E-state index contributed by atoms with van der Waals surface area (Å²) in [5, 5.41) is 6.08. The summed E-state index contributed by atoms with van der Waals surface area (Å²) in [6.07, 6.45) is 7.04. The summed E-state index contributed by atoms with van der Waals surface area (Å²) in [6.45, 7) is 4.80. The first-order chi connectivity index (χ1) is 13.2. The van der Waals surface area contributed by atoms with Crippen LogP contribution >= 0.6 is 0 Å². The lowest BCUT2D eigenvalue weighted by Crippen LogP contribution is -2.41. The molecule has 1 aliphatic heterocycles. The van der Waals surface area contributed by atoms with Crippen LogP contribution in [-0.2, 0) is 4.74 Å². The van der Waals surface area contributed by atoms with Crippen LogP contribution < -0.4 is 10.6 Å². The fourth-order valence-electron chi connectivity index (χ4n) is 3.72. The maximum atomic E-state index is 12.4. The Kier molecular flexibility index (Phi) is 7.66. The summed E-state index contributed by atoms with van der Waals surface area (Å²) in [6, 6.07) is 7.22. The molecule has 1 aromatic rings. The molecule has 0 aromatic heterocycles. The molecule has 0 bridgehead atoms. The van der Waals surface area contributed by atoms with Crippen LogP contribution in [0.4, 0.5) is 0 Å². The van der Waals surface area contributed by atoms with Crippen molar-refractivity contribution in [3.8, 4) is 0 Å². The highest BCUT2D eigenvalue weighted by atomic mass is 16.5. The molecule has 2 N–H and O–H groups in total. The van der Waals surface area contributed by atoms with Gasteiger partial charge in [0.05, 0.1) is 13.2 Å². The fourth-order valence-corrected chi connectivity index (χ4v) is 3.72. The Balaban J connectivity index is 1.44. The molecule has 0 unspecified atom stereocenters. The van der Waals surface area contributed by atoms with Gasteiger partial charge in [-0.05, 0) is 37.1 Å². The Morgan fingerprint density at radius 1 is 0.926 bits per heavy atom. The monoisotopic (exact) mass is 373 g/mol. The second-order valence-electron chi connectivity index (χ2n) is 7.45. The quantitative estimate of drug-likeness (QED) is 0.750. The van der Waals surface area contributed by atoms with Crippen LogP contribution in [0.1, 0.15) is 59.2 Å². The molecule has 3 rings (SSSR count). The van der Waals surface area contributed by atoms with Crippen LogP contribution in [0, 0.1) is 0 Å². The molecule has 27 heavy (non-hydrogen) atoms. The number of carbonyl (C=O) groups is 2. The van der Waals surface area contributed by atoms with E-state index in [1.807, 2.05) is 0 Å². The van der Waals surface area contributed by atoms with E-state index in [9.17, 15) is 9.59 Å². The van der Waals surface area contributed by atoms with Crippen molar-refractivity contribution >= 4 is 11.8 Å². The second-order valence-corrected chi connectivity index (χ2v) is 7.45. The lowest BCUT2D eigenvalue weighted by Gasteiger charge is -2.26. The number of nitrogens with zero attached hydrogens (tertiary/aromatic N) is 1. The highest BCUT2D eigenvalue weighted by Gasteiger charge is 2.16. The molecule has 0 spiro atoms. The van der Waals surface area contributed by atoms with Gasteiger partial charge in [-0.2, -0.15) is 0 Å². The van der Waals surface area contributed by atoms with E-state index >= 15 is 0 Å². The number of amides is 2. The lowest BCUT2D eigenvalue weighted by molar-refractivity contribution is 0.0383. The third-order valence-corrected chi connectivity index (χ3v) is 5.42. The second kappa shape index (κ2) is 10.4. The van der Waals surface area contributed by atoms with Crippen LogP contribution in [-0.4, -0.2) is 62.1 Å². The van der Waals surface area contributed by atoms with Gasteiger partial charge in [0.25, 0.3) is 11.8 Å². The molecule has 6 heteroatoms. The van der Waals surface area contributed by atoms with Gasteiger partial charge in [0.2, 0.25) is 0 Å². The third-order valence-electron chi connectivity index (χ3n) is 5.42. The van der Waals surface area contributed by atoms with Crippen molar-refractivity contribution < 1.29 is 14.3 Å². The van der Waals surface area contributed by atoms with Gasteiger partial charge in [-0.3, -0.25) is 14.5 Å². The van der Waals surface area contributed by atoms with Crippen molar-refractivity contribution in [1.82, 2.24) is 15.5 Å². The largest absolute Gasteiger partial charge is 0.379 e. The minimum absolute atomic E-state index is 0.0406. The van der Waals surface area contributed by atoms with E-state index in [0.717, 1.165) is 45.7 Å². The number of carbonyl (C=O) groups excluding carboxylic acids is 2. The van der Waals surface area contributed by atoms with Gasteiger partial charge in [0, 0.05) is 43.3 Å². The van der Waals surface area contributed by atoms with Crippen LogP contribution in [0.25, 0.3) is 0 Å². The van der Waals surface area contributed by atoms with E-state index in [1.165, 1.54) is 25.7 Å². The average molecular weight is 373 g/mol. The van der Waals surface area contributed by atoms with Crippen LogP contribution in [0.5, 0.6) is 0 Å². The third kappa shape index (κ3) is 6.33. The van der Waals surface area contributed by atoms with Gasteiger partial charge in [0.1, 0.15) is 0 Å². The number of hydrogen-bond donors (Lipinski definition) is 2. The minimum atomic E-state index is -0.0982. The van der Waals surface area contributed by atoms with Crippen molar-refractivity contribution in [2.75, 3.05) is 39.4 Å². The van der Waals surface area contributed by atoms with Crippen LogP contribution in [0.2, 0.25) is 0 Å². The molecule has 1 aromatic carbocycles. The average Bonchev–Trinajstić information content (AvgIpc) is 2.97. The van der Waals surface area contributed by atoms with E-state index in [2.05, 4.69) is 15.5 Å². The standard InChI is InChI=1S/C21H31N3O3/c25-20(22-11-12-24-13-15-27-16-14-24)17-7-9-18(10-8-17)21(26)23-19-5-3-1-2-4-6-19/h7-10,19H,1-6,11-16H2,(H,22,25)(H,23,26). The zero-order valence-corrected chi connectivity index (χ0v) is 16.0. The zero-order chi connectivity index (χ0) is 18.9. The van der Waals surface area contributed by atoms with Gasteiger partial charge in [-0.1, -0.05) is 25.7 Å². The first kappa shape index (κ1) is 19.8. The molecule has 1 heterocycles. The molecule has 2 amide bonds. The molecular formula is C21H31N3O3. The Morgan fingerprint density at radius 3 is 2.15 bits per heavy atom. The molecule has 2 fully saturated rings. The number of benzene rings is 1. The molecule has 1 saturated carbocycles. The van der Waals surface area contributed by atoms with E-state index in [1.54, 1.807) is 24.3 Å². The first-order valence-corrected chi connectivity index (χ1v) is 10.2. The molecule has 148 valence electrons. The van der Waals surface area contributed by atoms with Gasteiger partial charge >= 0.3 is 0 Å². The predicted molar refractivity (Wildman–Crippen MR) is 105 cm³/mol. The molecule has 6 nitrogen and oxygen atoms in total. The van der Waals surface area contributed by atoms with Gasteiger partial charge in [0.15, 0.2) is 0 Å². The highest BCUT2D eigenvalue weighted by molar-refractivity contribution is 5.97. The van der Waals surface area contributed by atoms with E-state index in [0.29, 0.717) is 17.7 Å². The van der Waals surface area contributed by atoms with Crippen molar-refractivity contribution in [3.63, 3.8) is 0 Å². The summed E-state index contributed by atoms with van der Waals surface area (Å²) in [5.74, 6) is -0.139. The van der Waals surface area contributed by atoms with Crippen LogP contribution in [0.3, 0.4) is 0 Å². The van der Waals surface area contributed by atoms with Crippen molar-refractivity contribution in [1.29, 1.82) is 0 Å². The van der Waals surface area contributed by atoms with Crippen molar-refractivity contribution in [2.24, 2.45) is 0 Å². The zero-order valence-electron chi connectivity index (χ0n) is 16.0. The van der Waals surface area contributed by atoms with Crippen LogP contribution in [0.15, 0.2) is 24.3 Å². The first-order valence-electron chi connectivity index (χ1n) is 10.2. The SMILES string of the molecule is O=C(NCCN1CCOCC1)c1ccc(C(=O)NC2CCCCCC2)cc1. The lowest BCUT2D eigenvalue weighted by atomic mass is 10.1. The molecular weight excluding hydrogens is 342 g/mol. The van der Waals surface area contributed by atoms with E-state index < -0.39 is 0 Å². The number of ether oxygens (including phenoxy) is 1. The summed E-state index contributed by atoms with van der Waals surface area (Å²) < 4.78 is 5.32. The number of hydrogen-bond acceptors (Lipinski definition) is 4. The van der Waals surface area contributed by atoms with Crippen molar-refractivity contribution in [2.45, 2.75) is 44.6 Å². The predicted octanol–water partition coefficient (Wildman–Crippen LogP) is 2.20. The van der Waals surface area contributed by atoms with Gasteiger partial charge in [-0.15, -0.1) is 0 Å². The molecule has 0 radical (unpaired) electrons. The summed E-state index contributed by atoms with van der Waals surface area (Å²) in [7, 11) is 0. The van der Waals surface area contributed by atoms with Gasteiger partial charge < -0.3 is 15.4 Å². The normalized spacial score (nSPS) is 19.3. The Hall–Kier alpha value is -1.92. The molecule has 0 atom stereocenters.